The summed E-state index contributed by atoms with van der Waals surface area (Å²) in [6, 6.07) is 16.6. The molecule has 24 heavy (non-hydrogen) atoms. The third-order valence-electron chi connectivity index (χ3n) is 3.50. The van der Waals surface area contributed by atoms with Crippen LogP contribution in [0.2, 0.25) is 0 Å². The Hall–Kier alpha value is -2.92. The Labute approximate surface area is 139 Å². The van der Waals surface area contributed by atoms with Gasteiger partial charge in [-0.1, -0.05) is 36.4 Å². The van der Waals surface area contributed by atoms with Crippen LogP contribution >= 0.6 is 0 Å². The summed E-state index contributed by atoms with van der Waals surface area (Å²) in [6.45, 7) is 0.241. The Morgan fingerprint density at radius 1 is 1.04 bits per heavy atom. The topological polar surface area (TPSA) is 57.7 Å². The molecule has 0 aliphatic heterocycles. The summed E-state index contributed by atoms with van der Waals surface area (Å²) < 4.78 is 15.9. The van der Waals surface area contributed by atoms with E-state index in [0.29, 0.717) is 22.2 Å². The fraction of sp³-hybridized carbons (Fsp3) is 0.158. The van der Waals surface area contributed by atoms with Crippen LogP contribution in [0.15, 0.2) is 60.8 Å². The zero-order valence-electron chi connectivity index (χ0n) is 13.3. The number of methoxy groups -OCH3 is 1. The largest absolute Gasteiger partial charge is 0.467 e. The van der Waals surface area contributed by atoms with E-state index < -0.39 is 5.97 Å². The maximum atomic E-state index is 12.6. The van der Waals surface area contributed by atoms with E-state index in [-0.39, 0.29) is 13.4 Å². The number of carbonyl (C=O) groups excluding carboxylic acids is 1. The smallest absolute Gasteiger partial charge is 0.342 e. The Morgan fingerprint density at radius 3 is 2.67 bits per heavy atom. The highest BCUT2D eigenvalue weighted by molar-refractivity contribution is 6.06. The number of fused-ring (bicyclic) bond motifs is 1. The van der Waals surface area contributed by atoms with Crippen LogP contribution < -0.4 is 4.74 Å². The fourth-order valence-electron chi connectivity index (χ4n) is 2.38. The predicted octanol–water partition coefficient (Wildman–Crippen LogP) is 3.57. The SMILES string of the molecule is COCOc1ccc2ncccc2c1C(=O)OCc1ccccc1. The molecule has 0 N–H and O–H groups in total. The summed E-state index contributed by atoms with van der Waals surface area (Å²) in [7, 11) is 1.52. The summed E-state index contributed by atoms with van der Waals surface area (Å²) in [6.07, 6.45) is 1.68. The molecule has 5 nitrogen and oxygen atoms in total. The van der Waals surface area contributed by atoms with E-state index in [4.69, 9.17) is 14.2 Å². The molecule has 1 aromatic heterocycles. The Balaban J connectivity index is 1.91. The minimum atomic E-state index is -0.455. The van der Waals surface area contributed by atoms with Crippen molar-refractivity contribution in [1.29, 1.82) is 0 Å². The molecule has 0 fully saturated rings. The molecule has 0 aliphatic carbocycles. The van der Waals surface area contributed by atoms with E-state index in [9.17, 15) is 4.79 Å². The lowest BCUT2D eigenvalue weighted by molar-refractivity contribution is 0.0412. The first-order valence-corrected chi connectivity index (χ1v) is 7.50. The van der Waals surface area contributed by atoms with Crippen molar-refractivity contribution in [3.05, 3.63) is 71.9 Å². The molecule has 0 aliphatic rings. The van der Waals surface area contributed by atoms with Crippen molar-refractivity contribution >= 4 is 16.9 Å². The van der Waals surface area contributed by atoms with E-state index >= 15 is 0 Å². The average molecular weight is 323 g/mol. The monoisotopic (exact) mass is 323 g/mol. The van der Waals surface area contributed by atoms with Crippen molar-refractivity contribution in [1.82, 2.24) is 4.98 Å². The van der Waals surface area contributed by atoms with Gasteiger partial charge in [-0.2, -0.15) is 0 Å². The third kappa shape index (κ3) is 3.52. The van der Waals surface area contributed by atoms with Crippen LogP contribution in [0.4, 0.5) is 0 Å². The van der Waals surface area contributed by atoms with Crippen LogP contribution in [-0.4, -0.2) is 24.9 Å². The van der Waals surface area contributed by atoms with Gasteiger partial charge in [0.05, 0.1) is 5.52 Å². The van der Waals surface area contributed by atoms with Gasteiger partial charge in [-0.3, -0.25) is 4.98 Å². The van der Waals surface area contributed by atoms with Crippen LogP contribution in [0.25, 0.3) is 10.9 Å². The van der Waals surface area contributed by atoms with Crippen molar-refractivity contribution in [2.24, 2.45) is 0 Å². The molecule has 0 saturated carbocycles. The van der Waals surface area contributed by atoms with Gasteiger partial charge < -0.3 is 14.2 Å². The second kappa shape index (κ2) is 7.57. The first-order chi connectivity index (χ1) is 11.8. The van der Waals surface area contributed by atoms with E-state index in [1.165, 1.54) is 7.11 Å². The number of hydrogen-bond donors (Lipinski definition) is 0. The highest BCUT2D eigenvalue weighted by Gasteiger charge is 2.19. The molecular formula is C19H17NO4. The number of pyridine rings is 1. The molecule has 0 amide bonds. The summed E-state index contributed by atoms with van der Waals surface area (Å²) in [5, 5.41) is 0.684. The highest BCUT2D eigenvalue weighted by atomic mass is 16.7. The van der Waals surface area contributed by atoms with Gasteiger partial charge in [0.1, 0.15) is 17.9 Å². The van der Waals surface area contributed by atoms with Crippen LogP contribution in [0, 0.1) is 0 Å². The minimum absolute atomic E-state index is 0.0464. The lowest BCUT2D eigenvalue weighted by Crippen LogP contribution is -2.10. The van der Waals surface area contributed by atoms with Gasteiger partial charge in [-0.25, -0.2) is 4.79 Å². The minimum Gasteiger partial charge on any atom is -0.467 e. The lowest BCUT2D eigenvalue weighted by Gasteiger charge is -2.13. The maximum Gasteiger partial charge on any atom is 0.342 e. The van der Waals surface area contributed by atoms with Crippen LogP contribution in [0.3, 0.4) is 0 Å². The molecule has 1 heterocycles. The van der Waals surface area contributed by atoms with Gasteiger partial charge in [0.15, 0.2) is 6.79 Å². The summed E-state index contributed by atoms with van der Waals surface area (Å²) >= 11 is 0. The Kier molecular flexibility index (Phi) is 5.03. The van der Waals surface area contributed by atoms with E-state index in [2.05, 4.69) is 4.98 Å². The van der Waals surface area contributed by atoms with Crippen molar-refractivity contribution in [2.75, 3.05) is 13.9 Å². The summed E-state index contributed by atoms with van der Waals surface area (Å²) in [4.78, 5) is 16.9. The van der Waals surface area contributed by atoms with Crippen molar-refractivity contribution in [3.8, 4) is 5.75 Å². The number of carbonyl (C=O) groups is 1. The van der Waals surface area contributed by atoms with E-state index in [0.717, 1.165) is 5.56 Å². The van der Waals surface area contributed by atoms with E-state index in [1.54, 1.807) is 24.4 Å². The zero-order valence-corrected chi connectivity index (χ0v) is 13.3. The number of rotatable bonds is 6. The second-order valence-corrected chi connectivity index (χ2v) is 5.12. The molecule has 0 radical (unpaired) electrons. The van der Waals surface area contributed by atoms with Gasteiger partial charge >= 0.3 is 5.97 Å². The third-order valence-corrected chi connectivity index (χ3v) is 3.50. The molecule has 5 heteroatoms. The Bertz CT molecular complexity index is 833. The molecule has 0 atom stereocenters. The number of nitrogens with zero attached hydrogens (tertiary/aromatic N) is 1. The van der Waals surface area contributed by atoms with Gasteiger partial charge in [0, 0.05) is 18.7 Å². The number of benzene rings is 2. The fourth-order valence-corrected chi connectivity index (χ4v) is 2.38. The van der Waals surface area contributed by atoms with Crippen molar-refractivity contribution in [3.63, 3.8) is 0 Å². The van der Waals surface area contributed by atoms with Crippen molar-refractivity contribution < 1.29 is 19.0 Å². The van der Waals surface area contributed by atoms with Crippen LogP contribution in [0.5, 0.6) is 5.75 Å². The van der Waals surface area contributed by atoms with Gasteiger partial charge in [0.2, 0.25) is 0 Å². The maximum absolute atomic E-state index is 12.6. The molecule has 0 unspecified atom stereocenters. The summed E-state index contributed by atoms with van der Waals surface area (Å²) in [5.74, 6) is -0.0426. The first kappa shape index (κ1) is 16.0. The van der Waals surface area contributed by atoms with Gasteiger partial charge in [-0.15, -0.1) is 0 Å². The summed E-state index contributed by atoms with van der Waals surface area (Å²) in [5.41, 5.74) is 1.98. The van der Waals surface area contributed by atoms with Crippen molar-refractivity contribution in [2.45, 2.75) is 6.61 Å². The quantitative estimate of drug-likeness (QED) is 0.513. The van der Waals surface area contributed by atoms with E-state index in [1.807, 2.05) is 36.4 Å². The molecular weight excluding hydrogens is 306 g/mol. The molecule has 2 aromatic carbocycles. The second-order valence-electron chi connectivity index (χ2n) is 5.12. The average Bonchev–Trinajstić information content (AvgIpc) is 2.64. The molecule has 0 saturated heterocycles. The number of ether oxygens (including phenoxy) is 3. The Morgan fingerprint density at radius 2 is 1.88 bits per heavy atom. The normalized spacial score (nSPS) is 10.5. The standard InChI is InChI=1S/C19H17NO4/c1-22-13-24-17-10-9-16-15(8-5-11-20-16)18(17)19(21)23-12-14-6-3-2-4-7-14/h2-11H,12-13H2,1H3. The van der Waals surface area contributed by atoms with Crippen LogP contribution in [0.1, 0.15) is 15.9 Å². The zero-order chi connectivity index (χ0) is 16.8. The predicted molar refractivity (Wildman–Crippen MR) is 89.8 cm³/mol. The molecule has 122 valence electrons. The van der Waals surface area contributed by atoms with Crippen LogP contribution in [-0.2, 0) is 16.1 Å². The molecule has 0 bridgehead atoms. The number of aromatic nitrogens is 1. The lowest BCUT2D eigenvalue weighted by atomic mass is 10.1. The molecule has 0 spiro atoms. The number of esters is 1. The highest BCUT2D eigenvalue weighted by Crippen LogP contribution is 2.28. The number of hydrogen-bond acceptors (Lipinski definition) is 5. The first-order valence-electron chi connectivity index (χ1n) is 7.50. The van der Waals surface area contributed by atoms with Gasteiger partial charge in [-0.05, 0) is 23.8 Å². The molecule has 3 aromatic rings. The molecule has 3 rings (SSSR count). The van der Waals surface area contributed by atoms with Gasteiger partial charge in [0.25, 0.3) is 0 Å².